The van der Waals surface area contributed by atoms with Crippen LogP contribution in [0.4, 0.5) is 8.78 Å². The molecule has 198 valence electrons. The lowest BCUT2D eigenvalue weighted by molar-refractivity contribution is -0.158. The predicted molar refractivity (Wildman–Crippen MR) is 123 cm³/mol. The molecule has 0 aromatic heterocycles. The van der Waals surface area contributed by atoms with Crippen molar-refractivity contribution in [3.05, 3.63) is 0 Å². The number of carbonyl (C=O) groups excluding carboxylic acids is 2. The monoisotopic (exact) mass is 500 g/mol. The second kappa shape index (κ2) is 9.77. The summed E-state index contributed by atoms with van der Waals surface area (Å²) >= 11 is 0. The maximum atomic E-state index is 15.2. The minimum absolute atomic E-state index is 0.0610. The number of hydrazine groups is 1. The van der Waals surface area contributed by atoms with Gasteiger partial charge in [-0.2, -0.15) is 0 Å². The summed E-state index contributed by atoms with van der Waals surface area (Å²) < 4.78 is 28.9. The van der Waals surface area contributed by atoms with Gasteiger partial charge < -0.3 is 26.4 Å². The van der Waals surface area contributed by atoms with E-state index in [1.165, 1.54) is 0 Å². The van der Waals surface area contributed by atoms with Crippen LogP contribution in [-0.2, 0) is 9.59 Å². The molecule has 5 fully saturated rings. The first-order valence-corrected chi connectivity index (χ1v) is 12.7. The van der Waals surface area contributed by atoms with Crippen molar-refractivity contribution >= 4 is 11.8 Å². The quantitative estimate of drug-likeness (QED) is 0.240. The van der Waals surface area contributed by atoms with E-state index < -0.39 is 48.3 Å². The topological polar surface area (TPSA) is 138 Å². The molecule has 0 bridgehead atoms. The number of amides is 2. The zero-order valence-corrected chi connectivity index (χ0v) is 20.1. The molecule has 5 aliphatic rings. The van der Waals surface area contributed by atoms with Gasteiger partial charge in [0, 0.05) is 32.1 Å². The van der Waals surface area contributed by atoms with Gasteiger partial charge in [0.05, 0.1) is 49.0 Å². The fourth-order valence-electron chi connectivity index (χ4n) is 6.38. The first-order chi connectivity index (χ1) is 16.6. The maximum Gasteiger partial charge on any atom is 0.229 e. The van der Waals surface area contributed by atoms with Crippen LogP contribution in [0, 0.1) is 11.8 Å². The van der Waals surface area contributed by atoms with Gasteiger partial charge in [-0.25, -0.2) is 19.2 Å². The van der Waals surface area contributed by atoms with Crippen molar-refractivity contribution in [3.63, 3.8) is 0 Å². The van der Waals surface area contributed by atoms with Gasteiger partial charge in [-0.15, -0.1) is 0 Å². The first-order valence-electron chi connectivity index (χ1n) is 12.7. The maximum absolute atomic E-state index is 15.2. The second-order valence-electron chi connectivity index (χ2n) is 11.1. The molecule has 7 atom stereocenters. The Hall–Kier alpha value is -1.48. The van der Waals surface area contributed by atoms with Crippen LogP contribution >= 0.6 is 0 Å². The molecule has 0 aromatic rings. The summed E-state index contributed by atoms with van der Waals surface area (Å²) in [6.07, 6.45) is -2.06. The lowest BCUT2D eigenvalue weighted by Gasteiger charge is -2.48. The van der Waals surface area contributed by atoms with Gasteiger partial charge in [-0.1, -0.05) is 0 Å². The van der Waals surface area contributed by atoms with E-state index in [0.717, 1.165) is 0 Å². The van der Waals surface area contributed by atoms with E-state index in [1.807, 2.05) is 0 Å². The fourth-order valence-corrected chi connectivity index (χ4v) is 6.38. The summed E-state index contributed by atoms with van der Waals surface area (Å²) in [5, 5.41) is 20.7. The van der Waals surface area contributed by atoms with Crippen molar-refractivity contribution in [3.8, 4) is 0 Å². The molecule has 11 nitrogen and oxygen atoms in total. The average Bonchev–Trinajstić information content (AvgIpc) is 3.12. The number of alkyl halides is 2. The van der Waals surface area contributed by atoms with Gasteiger partial charge in [-0.3, -0.25) is 19.8 Å². The summed E-state index contributed by atoms with van der Waals surface area (Å²) in [6.45, 7) is 4.52. The third-order valence-electron chi connectivity index (χ3n) is 8.11. The minimum Gasteiger partial charge on any atom is -0.386 e. The van der Waals surface area contributed by atoms with Crippen LogP contribution in [0.2, 0.25) is 0 Å². The number of nitrogens with two attached hydrogens (primary N) is 1. The van der Waals surface area contributed by atoms with Gasteiger partial charge >= 0.3 is 0 Å². The number of likely N-dealkylation sites (tertiary alicyclic amines) is 2. The standard InChI is InChI=1S/C22H38F2N8O3/c1-22(35)10-31(11-22)21(34)12-2-4-30(5-3-12)17-14(24)7-26-8-15(17)28-20(33)16-18(25)29-32-9-13(23)6-27-19(16)32/h12-19,26-27,29,35H,2-11,25H2,1H3,(H,28,33). The highest BCUT2D eigenvalue weighted by Crippen LogP contribution is 2.29. The van der Waals surface area contributed by atoms with E-state index in [-0.39, 0.29) is 37.4 Å². The lowest BCUT2D eigenvalue weighted by Crippen LogP contribution is -2.67. The Balaban J connectivity index is 1.19. The van der Waals surface area contributed by atoms with Crippen molar-refractivity contribution < 1.29 is 23.5 Å². The fraction of sp³-hybridized carbons (Fsp3) is 0.909. The summed E-state index contributed by atoms with van der Waals surface area (Å²) in [4.78, 5) is 29.8. The smallest absolute Gasteiger partial charge is 0.229 e. The number of rotatable bonds is 4. The molecular weight excluding hydrogens is 462 g/mol. The lowest BCUT2D eigenvalue weighted by atomic mass is 9.88. The molecule has 7 N–H and O–H groups in total. The Kier molecular flexibility index (Phi) is 7.03. The Labute approximate surface area is 204 Å². The molecule has 0 saturated carbocycles. The van der Waals surface area contributed by atoms with E-state index >= 15 is 4.39 Å². The number of carbonyl (C=O) groups is 2. The first kappa shape index (κ1) is 25.2. The van der Waals surface area contributed by atoms with Crippen LogP contribution in [0.5, 0.6) is 0 Å². The minimum atomic E-state index is -1.17. The third kappa shape index (κ3) is 5.04. The molecule has 5 heterocycles. The number of hydrogen-bond acceptors (Lipinski definition) is 9. The number of β-amino-alcohol motifs (C(OH)–C–C–N with tert-alkyl or cyclic N) is 1. The molecule has 35 heavy (non-hydrogen) atoms. The number of aliphatic hydroxyl groups is 1. The van der Waals surface area contributed by atoms with Crippen molar-refractivity contribution in [1.29, 1.82) is 0 Å². The molecule has 0 aliphatic carbocycles. The van der Waals surface area contributed by atoms with E-state index in [1.54, 1.807) is 16.8 Å². The van der Waals surface area contributed by atoms with E-state index in [0.29, 0.717) is 45.6 Å². The number of nitrogens with one attached hydrogen (secondary N) is 4. The molecule has 0 spiro atoms. The van der Waals surface area contributed by atoms with Gasteiger partial charge in [0.25, 0.3) is 0 Å². The Morgan fingerprint density at radius 2 is 1.86 bits per heavy atom. The van der Waals surface area contributed by atoms with Crippen LogP contribution in [-0.4, -0.2) is 126 Å². The molecular formula is C22H38F2N8O3. The summed E-state index contributed by atoms with van der Waals surface area (Å²) in [5.74, 6) is -0.991. The third-order valence-corrected chi connectivity index (χ3v) is 8.11. The molecule has 2 amide bonds. The highest BCUT2D eigenvalue weighted by atomic mass is 19.1. The molecule has 5 aliphatic heterocycles. The van der Waals surface area contributed by atoms with Gasteiger partial charge in [0.2, 0.25) is 11.8 Å². The largest absolute Gasteiger partial charge is 0.386 e. The zero-order chi connectivity index (χ0) is 24.9. The molecule has 13 heteroatoms. The molecule has 5 saturated heterocycles. The summed E-state index contributed by atoms with van der Waals surface area (Å²) in [7, 11) is 0. The summed E-state index contributed by atoms with van der Waals surface area (Å²) in [6, 6.07) is -0.958. The van der Waals surface area contributed by atoms with E-state index in [2.05, 4.69) is 26.3 Å². The zero-order valence-electron chi connectivity index (χ0n) is 20.1. The van der Waals surface area contributed by atoms with E-state index in [9.17, 15) is 19.1 Å². The molecule has 5 rings (SSSR count). The Morgan fingerprint density at radius 3 is 2.54 bits per heavy atom. The Morgan fingerprint density at radius 1 is 1.14 bits per heavy atom. The van der Waals surface area contributed by atoms with Crippen LogP contribution in [0.1, 0.15) is 19.8 Å². The average molecular weight is 501 g/mol. The number of fused-ring (bicyclic) bond motifs is 1. The number of hydrogen-bond donors (Lipinski definition) is 6. The number of piperidine rings is 2. The van der Waals surface area contributed by atoms with Crippen molar-refractivity contribution in [2.24, 2.45) is 17.6 Å². The van der Waals surface area contributed by atoms with Crippen LogP contribution in [0.25, 0.3) is 0 Å². The predicted octanol–water partition coefficient (Wildman–Crippen LogP) is -2.93. The molecule has 0 radical (unpaired) electrons. The van der Waals surface area contributed by atoms with Gasteiger partial charge in [0.1, 0.15) is 12.3 Å². The highest BCUT2D eigenvalue weighted by Gasteiger charge is 2.49. The van der Waals surface area contributed by atoms with Crippen LogP contribution in [0.3, 0.4) is 0 Å². The second-order valence-corrected chi connectivity index (χ2v) is 11.1. The van der Waals surface area contributed by atoms with Gasteiger partial charge in [-0.05, 0) is 32.9 Å². The Bertz CT molecular complexity index is 806. The van der Waals surface area contributed by atoms with Crippen molar-refractivity contribution in [1.82, 2.24) is 36.2 Å². The van der Waals surface area contributed by atoms with E-state index in [4.69, 9.17) is 5.73 Å². The number of nitrogens with zero attached hydrogens (tertiary/aromatic N) is 3. The molecule has 7 unspecified atom stereocenters. The number of halogens is 2. The van der Waals surface area contributed by atoms with Crippen molar-refractivity contribution in [2.75, 3.05) is 52.4 Å². The normalized spacial score (nSPS) is 40.7. The van der Waals surface area contributed by atoms with Gasteiger partial charge in [0.15, 0.2) is 0 Å². The van der Waals surface area contributed by atoms with Crippen molar-refractivity contribution in [2.45, 2.75) is 62.1 Å². The van der Waals surface area contributed by atoms with Crippen LogP contribution in [0.15, 0.2) is 0 Å². The highest BCUT2D eigenvalue weighted by molar-refractivity contribution is 5.81. The molecule has 0 aromatic carbocycles. The SMILES string of the molecule is CC1(O)CN(C(=O)C2CCN(C3C(F)CNCC3NC(=O)C3C(N)NN4CC(F)CNC34)CC2)C1. The summed E-state index contributed by atoms with van der Waals surface area (Å²) in [5.41, 5.74) is 8.34. The van der Waals surface area contributed by atoms with Crippen LogP contribution < -0.4 is 27.1 Å².